The predicted octanol–water partition coefficient (Wildman–Crippen LogP) is 0.223. The predicted molar refractivity (Wildman–Crippen MR) is 50.0 cm³/mol. The highest BCUT2D eigenvalue weighted by atomic mass is 16.3. The lowest BCUT2D eigenvalue weighted by Gasteiger charge is -2.13. The van der Waals surface area contributed by atoms with Crippen LogP contribution in [0.1, 0.15) is 20.3 Å². The SMILES string of the molecule is CC(CO)CNCC(C)CCO. The van der Waals surface area contributed by atoms with Crippen molar-refractivity contribution in [1.82, 2.24) is 5.32 Å². The van der Waals surface area contributed by atoms with E-state index < -0.39 is 0 Å². The van der Waals surface area contributed by atoms with Crippen LogP contribution in [0.2, 0.25) is 0 Å². The molecule has 0 aromatic heterocycles. The Balaban J connectivity index is 3.18. The maximum atomic E-state index is 8.72. The molecule has 0 rings (SSSR count). The second-order valence-corrected chi connectivity index (χ2v) is 3.56. The van der Waals surface area contributed by atoms with Crippen molar-refractivity contribution in [1.29, 1.82) is 0 Å². The quantitative estimate of drug-likeness (QED) is 0.519. The van der Waals surface area contributed by atoms with Gasteiger partial charge in [0.05, 0.1) is 0 Å². The van der Waals surface area contributed by atoms with E-state index in [9.17, 15) is 0 Å². The second-order valence-electron chi connectivity index (χ2n) is 3.56. The van der Waals surface area contributed by atoms with Gasteiger partial charge in [0.15, 0.2) is 0 Å². The van der Waals surface area contributed by atoms with Crippen LogP contribution in [0.5, 0.6) is 0 Å². The highest BCUT2D eigenvalue weighted by molar-refractivity contribution is 4.59. The largest absolute Gasteiger partial charge is 0.396 e. The van der Waals surface area contributed by atoms with Gasteiger partial charge in [-0.3, -0.25) is 0 Å². The van der Waals surface area contributed by atoms with Crippen LogP contribution in [-0.2, 0) is 0 Å². The van der Waals surface area contributed by atoms with Crippen molar-refractivity contribution < 1.29 is 10.2 Å². The number of aliphatic hydroxyl groups is 2. The molecule has 2 unspecified atom stereocenters. The summed E-state index contributed by atoms with van der Waals surface area (Å²) in [6.07, 6.45) is 0.848. The van der Waals surface area contributed by atoms with Crippen LogP contribution >= 0.6 is 0 Å². The Morgan fingerprint density at radius 1 is 1.08 bits per heavy atom. The van der Waals surface area contributed by atoms with Gasteiger partial charge in [0.1, 0.15) is 0 Å². The maximum absolute atomic E-state index is 8.72. The summed E-state index contributed by atoms with van der Waals surface area (Å²) in [6.45, 7) is 6.38. The van der Waals surface area contributed by atoms with E-state index in [0.717, 1.165) is 19.5 Å². The highest BCUT2D eigenvalue weighted by Crippen LogP contribution is 1.98. The molecule has 0 heterocycles. The summed E-state index contributed by atoms with van der Waals surface area (Å²) in [5.41, 5.74) is 0. The molecule has 0 fully saturated rings. The van der Waals surface area contributed by atoms with Crippen molar-refractivity contribution in [2.75, 3.05) is 26.3 Å². The van der Waals surface area contributed by atoms with Gasteiger partial charge >= 0.3 is 0 Å². The smallest absolute Gasteiger partial charge is 0.0468 e. The lowest BCUT2D eigenvalue weighted by molar-refractivity contribution is 0.228. The molecular formula is C9H21NO2. The molecule has 3 heteroatoms. The summed E-state index contributed by atoms with van der Waals surface area (Å²) in [5.74, 6) is 0.840. The van der Waals surface area contributed by atoms with Gasteiger partial charge < -0.3 is 15.5 Å². The Kier molecular flexibility index (Phi) is 7.45. The number of hydrogen-bond donors (Lipinski definition) is 3. The van der Waals surface area contributed by atoms with Gasteiger partial charge in [-0.1, -0.05) is 13.8 Å². The third-order valence-electron chi connectivity index (χ3n) is 1.92. The summed E-state index contributed by atoms with van der Waals surface area (Å²) in [7, 11) is 0. The molecule has 0 aromatic rings. The standard InChI is InChI=1S/C9H21NO2/c1-8(3-4-11)5-10-6-9(2)7-12/h8-12H,3-7H2,1-2H3. The van der Waals surface area contributed by atoms with E-state index in [1.54, 1.807) is 0 Å². The molecule has 0 spiro atoms. The Morgan fingerprint density at radius 3 is 2.17 bits per heavy atom. The van der Waals surface area contributed by atoms with E-state index >= 15 is 0 Å². The first-order chi connectivity index (χ1) is 5.70. The lowest BCUT2D eigenvalue weighted by Crippen LogP contribution is -2.27. The van der Waals surface area contributed by atoms with E-state index in [0.29, 0.717) is 11.8 Å². The first-order valence-corrected chi connectivity index (χ1v) is 4.63. The molecule has 3 nitrogen and oxygen atoms in total. The zero-order valence-electron chi connectivity index (χ0n) is 8.08. The molecule has 0 radical (unpaired) electrons. The van der Waals surface area contributed by atoms with Gasteiger partial charge in [-0.25, -0.2) is 0 Å². The molecular weight excluding hydrogens is 154 g/mol. The summed E-state index contributed by atoms with van der Waals surface area (Å²) in [5, 5.41) is 20.6. The number of rotatable bonds is 7. The minimum atomic E-state index is 0.237. The number of aliphatic hydroxyl groups excluding tert-OH is 2. The second kappa shape index (κ2) is 7.53. The van der Waals surface area contributed by atoms with Crippen LogP contribution in [0.15, 0.2) is 0 Å². The van der Waals surface area contributed by atoms with Gasteiger partial charge in [0, 0.05) is 13.2 Å². The first kappa shape index (κ1) is 11.9. The van der Waals surface area contributed by atoms with Crippen LogP contribution in [0, 0.1) is 11.8 Å². The fourth-order valence-electron chi connectivity index (χ4n) is 0.963. The molecule has 0 aliphatic rings. The maximum Gasteiger partial charge on any atom is 0.0468 e. The van der Waals surface area contributed by atoms with Crippen molar-refractivity contribution >= 4 is 0 Å². The fourth-order valence-corrected chi connectivity index (χ4v) is 0.963. The van der Waals surface area contributed by atoms with Crippen LogP contribution < -0.4 is 5.32 Å². The van der Waals surface area contributed by atoms with Gasteiger partial charge in [-0.05, 0) is 31.3 Å². The van der Waals surface area contributed by atoms with Crippen LogP contribution in [-0.4, -0.2) is 36.5 Å². The first-order valence-electron chi connectivity index (χ1n) is 4.63. The minimum absolute atomic E-state index is 0.237. The van der Waals surface area contributed by atoms with E-state index in [4.69, 9.17) is 10.2 Å². The molecule has 12 heavy (non-hydrogen) atoms. The summed E-state index contributed by atoms with van der Waals surface area (Å²) < 4.78 is 0. The third-order valence-corrected chi connectivity index (χ3v) is 1.92. The molecule has 0 saturated heterocycles. The van der Waals surface area contributed by atoms with Gasteiger partial charge in [-0.15, -0.1) is 0 Å². The van der Waals surface area contributed by atoms with E-state index in [2.05, 4.69) is 12.2 Å². The molecule has 0 aromatic carbocycles. The zero-order valence-corrected chi connectivity index (χ0v) is 8.08. The summed E-state index contributed by atoms with van der Waals surface area (Å²) >= 11 is 0. The van der Waals surface area contributed by atoms with Crippen molar-refractivity contribution in [3.63, 3.8) is 0 Å². The third kappa shape index (κ3) is 6.58. The molecule has 0 amide bonds. The van der Waals surface area contributed by atoms with Crippen LogP contribution in [0.25, 0.3) is 0 Å². The van der Waals surface area contributed by atoms with E-state index in [1.165, 1.54) is 0 Å². The lowest BCUT2D eigenvalue weighted by atomic mass is 10.1. The van der Waals surface area contributed by atoms with Gasteiger partial charge in [0.2, 0.25) is 0 Å². The molecule has 0 aliphatic carbocycles. The van der Waals surface area contributed by atoms with Crippen molar-refractivity contribution in [2.45, 2.75) is 20.3 Å². The Hall–Kier alpha value is -0.120. The minimum Gasteiger partial charge on any atom is -0.396 e. The van der Waals surface area contributed by atoms with Crippen molar-refractivity contribution in [3.05, 3.63) is 0 Å². The number of nitrogens with one attached hydrogen (secondary N) is 1. The average molecular weight is 175 g/mol. The Morgan fingerprint density at radius 2 is 1.67 bits per heavy atom. The topological polar surface area (TPSA) is 52.5 Å². The van der Waals surface area contributed by atoms with Gasteiger partial charge in [0.25, 0.3) is 0 Å². The molecule has 0 saturated carbocycles. The molecule has 3 N–H and O–H groups in total. The molecule has 0 aliphatic heterocycles. The zero-order chi connectivity index (χ0) is 9.40. The van der Waals surface area contributed by atoms with Crippen LogP contribution in [0.4, 0.5) is 0 Å². The Labute approximate surface area is 74.8 Å². The number of hydrogen-bond acceptors (Lipinski definition) is 3. The Bertz CT molecular complexity index is 98.5. The fraction of sp³-hybridized carbons (Fsp3) is 1.00. The van der Waals surface area contributed by atoms with Gasteiger partial charge in [-0.2, -0.15) is 0 Å². The van der Waals surface area contributed by atoms with Crippen molar-refractivity contribution in [2.24, 2.45) is 11.8 Å². The highest BCUT2D eigenvalue weighted by Gasteiger charge is 2.02. The normalized spacial score (nSPS) is 16.0. The monoisotopic (exact) mass is 175 g/mol. The average Bonchev–Trinajstić information content (AvgIpc) is 2.04. The van der Waals surface area contributed by atoms with Crippen LogP contribution in [0.3, 0.4) is 0 Å². The molecule has 2 atom stereocenters. The molecule has 0 bridgehead atoms. The molecule has 74 valence electrons. The van der Waals surface area contributed by atoms with Crippen molar-refractivity contribution in [3.8, 4) is 0 Å². The summed E-state index contributed by atoms with van der Waals surface area (Å²) in [6, 6.07) is 0. The van der Waals surface area contributed by atoms with E-state index in [1.807, 2.05) is 6.92 Å². The summed E-state index contributed by atoms with van der Waals surface area (Å²) in [4.78, 5) is 0. The van der Waals surface area contributed by atoms with E-state index in [-0.39, 0.29) is 13.2 Å².